The second kappa shape index (κ2) is 3.19. The van der Waals surface area contributed by atoms with E-state index in [4.69, 9.17) is 23.2 Å². The Labute approximate surface area is 75.1 Å². The van der Waals surface area contributed by atoms with Gasteiger partial charge in [-0.25, -0.2) is 4.98 Å². The summed E-state index contributed by atoms with van der Waals surface area (Å²) < 4.78 is 1.28. The van der Waals surface area contributed by atoms with Gasteiger partial charge in [-0.15, -0.1) is 22.9 Å². The fourth-order valence-electron chi connectivity index (χ4n) is 0.389. The number of thiazole rings is 1. The Balaban J connectivity index is 3.01. The molecule has 1 rings (SSSR count). The van der Waals surface area contributed by atoms with Crippen molar-refractivity contribution in [2.24, 2.45) is 0 Å². The highest BCUT2D eigenvalue weighted by Crippen LogP contribution is 2.27. The molecular formula is C4H2BrCl2NS. The van der Waals surface area contributed by atoms with E-state index in [1.165, 1.54) is 11.3 Å². The van der Waals surface area contributed by atoms with Crippen LogP contribution in [-0.2, 0) is 5.88 Å². The zero-order valence-corrected chi connectivity index (χ0v) is 8.11. The first-order valence-electron chi connectivity index (χ1n) is 2.10. The molecule has 0 saturated carbocycles. The van der Waals surface area contributed by atoms with E-state index in [9.17, 15) is 0 Å². The molecule has 0 aliphatic carbocycles. The van der Waals surface area contributed by atoms with Crippen LogP contribution >= 0.6 is 50.5 Å². The van der Waals surface area contributed by atoms with Crippen LogP contribution < -0.4 is 0 Å². The third-order valence-corrected chi connectivity index (χ3v) is 3.25. The lowest BCUT2D eigenvalue weighted by Gasteiger charge is -1.81. The van der Waals surface area contributed by atoms with Gasteiger partial charge in [0.25, 0.3) is 0 Å². The molecule has 1 aromatic rings. The normalized spacial score (nSPS) is 10.1. The average molecular weight is 247 g/mol. The van der Waals surface area contributed by atoms with Crippen LogP contribution in [0.3, 0.4) is 0 Å². The van der Waals surface area contributed by atoms with Crippen LogP contribution in [0.25, 0.3) is 0 Å². The van der Waals surface area contributed by atoms with Crippen molar-refractivity contribution in [1.29, 1.82) is 0 Å². The van der Waals surface area contributed by atoms with Crippen LogP contribution in [0.2, 0.25) is 4.47 Å². The summed E-state index contributed by atoms with van der Waals surface area (Å²) >= 11 is 15.7. The summed E-state index contributed by atoms with van der Waals surface area (Å²) in [7, 11) is 0. The van der Waals surface area contributed by atoms with Crippen LogP contribution in [0.4, 0.5) is 0 Å². The first-order valence-corrected chi connectivity index (χ1v) is 4.63. The molecule has 0 radical (unpaired) electrons. The van der Waals surface area contributed by atoms with E-state index in [2.05, 4.69) is 20.9 Å². The van der Waals surface area contributed by atoms with Gasteiger partial charge in [0, 0.05) is 0 Å². The van der Waals surface area contributed by atoms with Crippen LogP contribution in [0.15, 0.2) is 4.60 Å². The van der Waals surface area contributed by atoms with E-state index in [-0.39, 0.29) is 0 Å². The first-order chi connectivity index (χ1) is 4.24. The molecule has 5 heteroatoms. The van der Waals surface area contributed by atoms with Crippen molar-refractivity contribution in [3.63, 3.8) is 0 Å². The average Bonchev–Trinajstić information content (AvgIpc) is 2.10. The maximum Gasteiger partial charge on any atom is 0.184 e. The van der Waals surface area contributed by atoms with Gasteiger partial charge in [-0.05, 0) is 15.9 Å². The highest BCUT2D eigenvalue weighted by Gasteiger charge is 2.04. The quantitative estimate of drug-likeness (QED) is 0.693. The first kappa shape index (κ1) is 7.79. The number of rotatable bonds is 1. The molecule has 0 fully saturated rings. The molecule has 1 aromatic heterocycles. The SMILES string of the molecule is ClCc1sc(Cl)nc1Br. The third kappa shape index (κ3) is 1.80. The second-order valence-electron chi connectivity index (χ2n) is 1.31. The lowest BCUT2D eigenvalue weighted by Crippen LogP contribution is -1.68. The van der Waals surface area contributed by atoms with Crippen LogP contribution in [0.5, 0.6) is 0 Å². The zero-order valence-electron chi connectivity index (χ0n) is 4.20. The van der Waals surface area contributed by atoms with Crippen LogP contribution in [0, 0.1) is 0 Å². The van der Waals surface area contributed by atoms with Crippen molar-refractivity contribution >= 4 is 50.5 Å². The Morgan fingerprint density at radius 1 is 1.67 bits per heavy atom. The lowest BCUT2D eigenvalue weighted by atomic mass is 10.6. The second-order valence-corrected chi connectivity index (χ2v) is 4.00. The highest BCUT2D eigenvalue weighted by atomic mass is 79.9. The smallest absolute Gasteiger partial charge is 0.184 e. The van der Waals surface area contributed by atoms with Gasteiger partial charge in [-0.3, -0.25) is 0 Å². The topological polar surface area (TPSA) is 12.9 Å². The summed E-state index contributed by atoms with van der Waals surface area (Å²) in [4.78, 5) is 4.87. The standard InChI is InChI=1S/C4H2BrCl2NS/c5-3-2(1-6)9-4(7)8-3/h1H2. The Morgan fingerprint density at radius 3 is 2.56 bits per heavy atom. The van der Waals surface area contributed by atoms with Crippen LogP contribution in [-0.4, -0.2) is 4.98 Å². The van der Waals surface area contributed by atoms with Gasteiger partial charge in [-0.2, -0.15) is 0 Å². The van der Waals surface area contributed by atoms with Crippen molar-refractivity contribution < 1.29 is 0 Å². The molecule has 0 bridgehead atoms. The maximum absolute atomic E-state index is 5.56. The monoisotopic (exact) mass is 245 g/mol. The summed E-state index contributed by atoms with van der Waals surface area (Å²) in [6, 6.07) is 0. The van der Waals surface area contributed by atoms with Gasteiger partial charge in [0.1, 0.15) is 4.60 Å². The fraction of sp³-hybridized carbons (Fsp3) is 0.250. The minimum Gasteiger partial charge on any atom is -0.218 e. The predicted molar refractivity (Wildman–Crippen MR) is 44.4 cm³/mol. The molecule has 50 valence electrons. The Kier molecular flexibility index (Phi) is 2.76. The fourth-order valence-corrected chi connectivity index (χ4v) is 2.51. The van der Waals surface area contributed by atoms with E-state index in [0.717, 1.165) is 9.48 Å². The van der Waals surface area contributed by atoms with E-state index in [0.29, 0.717) is 10.3 Å². The number of hydrogen-bond donors (Lipinski definition) is 0. The molecule has 0 aliphatic rings. The molecular weight excluding hydrogens is 245 g/mol. The molecule has 0 unspecified atom stereocenters. The zero-order chi connectivity index (χ0) is 6.85. The maximum atomic E-state index is 5.56. The molecule has 0 amide bonds. The molecule has 0 aliphatic heterocycles. The minimum absolute atomic E-state index is 0.463. The summed E-state index contributed by atoms with van der Waals surface area (Å²) in [6.45, 7) is 0. The largest absolute Gasteiger partial charge is 0.218 e. The summed E-state index contributed by atoms with van der Waals surface area (Å²) in [5.41, 5.74) is 0. The number of alkyl halides is 1. The number of aromatic nitrogens is 1. The minimum atomic E-state index is 0.463. The molecule has 0 spiro atoms. The van der Waals surface area contributed by atoms with Gasteiger partial charge in [0.05, 0.1) is 10.8 Å². The molecule has 1 nitrogen and oxygen atoms in total. The molecule has 0 atom stereocenters. The van der Waals surface area contributed by atoms with E-state index < -0.39 is 0 Å². The molecule has 1 heterocycles. The predicted octanol–water partition coefficient (Wildman–Crippen LogP) is 3.30. The van der Waals surface area contributed by atoms with Gasteiger partial charge >= 0.3 is 0 Å². The lowest BCUT2D eigenvalue weighted by molar-refractivity contribution is 1.31. The van der Waals surface area contributed by atoms with Crippen LogP contribution in [0.1, 0.15) is 4.88 Å². The molecule has 0 saturated heterocycles. The number of hydrogen-bond acceptors (Lipinski definition) is 2. The third-order valence-electron chi connectivity index (χ3n) is 0.745. The van der Waals surface area contributed by atoms with Gasteiger partial charge < -0.3 is 0 Å². The number of halogens is 3. The van der Waals surface area contributed by atoms with Crippen molar-refractivity contribution in [1.82, 2.24) is 4.98 Å². The van der Waals surface area contributed by atoms with Gasteiger partial charge in [0.15, 0.2) is 4.47 Å². The van der Waals surface area contributed by atoms with Crippen molar-refractivity contribution in [3.05, 3.63) is 13.9 Å². The van der Waals surface area contributed by atoms with Crippen molar-refractivity contribution in [3.8, 4) is 0 Å². The van der Waals surface area contributed by atoms with E-state index >= 15 is 0 Å². The van der Waals surface area contributed by atoms with Gasteiger partial charge in [0.2, 0.25) is 0 Å². The summed E-state index contributed by atoms with van der Waals surface area (Å²) in [5, 5.41) is 0. The molecule has 0 N–H and O–H groups in total. The van der Waals surface area contributed by atoms with Crippen molar-refractivity contribution in [2.45, 2.75) is 5.88 Å². The highest BCUT2D eigenvalue weighted by molar-refractivity contribution is 9.10. The Bertz CT molecular complexity index is 212. The Hall–Kier alpha value is 0.690. The Morgan fingerprint density at radius 2 is 2.33 bits per heavy atom. The van der Waals surface area contributed by atoms with E-state index in [1.54, 1.807) is 0 Å². The molecule has 0 aromatic carbocycles. The van der Waals surface area contributed by atoms with Crippen molar-refractivity contribution in [2.75, 3.05) is 0 Å². The molecule has 9 heavy (non-hydrogen) atoms. The van der Waals surface area contributed by atoms with Gasteiger partial charge in [-0.1, -0.05) is 11.6 Å². The summed E-state index contributed by atoms with van der Waals surface area (Å²) in [6.07, 6.45) is 0. The van der Waals surface area contributed by atoms with E-state index in [1.807, 2.05) is 0 Å². The number of nitrogens with zero attached hydrogens (tertiary/aromatic N) is 1. The summed E-state index contributed by atoms with van der Waals surface area (Å²) in [5.74, 6) is 0.463.